The van der Waals surface area contributed by atoms with E-state index in [2.05, 4.69) is 28.2 Å². The van der Waals surface area contributed by atoms with Gasteiger partial charge in [-0.05, 0) is 33.6 Å². The van der Waals surface area contributed by atoms with Gasteiger partial charge in [0.25, 0.3) is 0 Å². The summed E-state index contributed by atoms with van der Waals surface area (Å²) in [5, 5.41) is 2.96. The quantitative estimate of drug-likeness (QED) is 0.816. The highest BCUT2D eigenvalue weighted by Crippen LogP contribution is 2.27. The maximum atomic E-state index is 11.8. The predicted molar refractivity (Wildman–Crippen MR) is 70.5 cm³/mol. The van der Waals surface area contributed by atoms with Crippen LogP contribution in [-0.2, 0) is 9.47 Å². The van der Waals surface area contributed by atoms with Gasteiger partial charge in [-0.3, -0.25) is 0 Å². The third kappa shape index (κ3) is 5.25. The highest BCUT2D eigenvalue weighted by atomic mass is 79.9. The first-order chi connectivity index (χ1) is 7.72. The summed E-state index contributed by atoms with van der Waals surface area (Å²) in [4.78, 5) is 12.1. The molecule has 1 N–H and O–H groups in total. The van der Waals surface area contributed by atoms with Crippen LogP contribution < -0.4 is 5.32 Å². The van der Waals surface area contributed by atoms with Crippen molar-refractivity contribution >= 4 is 22.0 Å². The van der Waals surface area contributed by atoms with Crippen molar-refractivity contribution in [1.82, 2.24) is 5.32 Å². The van der Waals surface area contributed by atoms with E-state index in [0.29, 0.717) is 18.0 Å². The van der Waals surface area contributed by atoms with Gasteiger partial charge in [0.1, 0.15) is 5.60 Å². The number of rotatable bonds is 3. The number of nitrogens with one attached hydrogen (secondary N) is 1. The molecular formula is C12H22BrNO3. The zero-order chi connectivity index (χ0) is 13.1. The van der Waals surface area contributed by atoms with Crippen LogP contribution in [0.25, 0.3) is 0 Å². The largest absolute Gasteiger partial charge is 0.444 e. The molecule has 5 heteroatoms. The Hall–Kier alpha value is -0.290. The highest BCUT2D eigenvalue weighted by Gasteiger charge is 2.38. The second-order valence-corrected chi connectivity index (χ2v) is 7.26. The Morgan fingerprint density at radius 1 is 1.59 bits per heavy atom. The smallest absolute Gasteiger partial charge is 0.408 e. The molecule has 0 aromatic rings. The number of halogens is 1. The number of ether oxygens (including phenoxy) is 2. The number of carbonyl (C=O) groups is 1. The molecule has 1 aliphatic heterocycles. The molecule has 1 rings (SSSR count). The van der Waals surface area contributed by atoms with E-state index in [-0.39, 0.29) is 11.6 Å². The summed E-state index contributed by atoms with van der Waals surface area (Å²) in [6, 6.07) is 0. The van der Waals surface area contributed by atoms with Gasteiger partial charge >= 0.3 is 6.09 Å². The van der Waals surface area contributed by atoms with Crippen molar-refractivity contribution in [3.8, 4) is 0 Å². The predicted octanol–water partition coefficient (Wildman–Crippen LogP) is 2.84. The van der Waals surface area contributed by atoms with Crippen LogP contribution in [0.3, 0.4) is 0 Å². The fourth-order valence-corrected chi connectivity index (χ4v) is 2.60. The molecule has 0 spiro atoms. The summed E-state index contributed by atoms with van der Waals surface area (Å²) in [7, 11) is 0. The lowest BCUT2D eigenvalue weighted by Gasteiger charge is -2.31. The zero-order valence-electron chi connectivity index (χ0n) is 11.0. The third-order valence-electron chi connectivity index (χ3n) is 2.54. The van der Waals surface area contributed by atoms with Gasteiger partial charge in [-0.25, -0.2) is 4.79 Å². The first-order valence-corrected chi connectivity index (χ1v) is 6.87. The molecule has 1 saturated heterocycles. The van der Waals surface area contributed by atoms with Crippen molar-refractivity contribution in [3.63, 3.8) is 0 Å². The Bertz CT molecular complexity index is 267. The van der Waals surface area contributed by atoms with Crippen LogP contribution >= 0.6 is 15.9 Å². The van der Waals surface area contributed by atoms with Crippen LogP contribution in [0.4, 0.5) is 4.79 Å². The van der Waals surface area contributed by atoms with E-state index in [1.54, 1.807) is 0 Å². The molecule has 0 aromatic carbocycles. The molecule has 1 amide bonds. The SMILES string of the molecule is CC(Br)CC1(NC(=O)OC(C)(C)C)CCOC1. The molecule has 0 aliphatic carbocycles. The minimum Gasteiger partial charge on any atom is -0.444 e. The van der Waals surface area contributed by atoms with Crippen LogP contribution in [0.2, 0.25) is 0 Å². The van der Waals surface area contributed by atoms with E-state index >= 15 is 0 Å². The normalized spacial score (nSPS) is 26.6. The van der Waals surface area contributed by atoms with E-state index in [1.165, 1.54) is 0 Å². The number of alkyl halides is 1. The van der Waals surface area contributed by atoms with E-state index in [1.807, 2.05) is 20.8 Å². The Balaban J connectivity index is 2.58. The standard InChI is InChI=1S/C12H22BrNO3/c1-9(13)7-12(5-6-16-8-12)14-10(15)17-11(2,3)4/h9H,5-8H2,1-4H3,(H,14,15). The summed E-state index contributed by atoms with van der Waals surface area (Å²) in [5.41, 5.74) is -0.754. The number of hydrogen-bond acceptors (Lipinski definition) is 3. The second-order valence-electron chi connectivity index (χ2n) is 5.69. The molecule has 100 valence electrons. The fourth-order valence-electron chi connectivity index (χ4n) is 1.98. The van der Waals surface area contributed by atoms with Crippen LogP contribution in [0.1, 0.15) is 40.5 Å². The Morgan fingerprint density at radius 2 is 2.24 bits per heavy atom. The monoisotopic (exact) mass is 307 g/mol. The van der Waals surface area contributed by atoms with Crippen molar-refractivity contribution in [3.05, 3.63) is 0 Å². The first kappa shape index (κ1) is 14.8. The summed E-state index contributed by atoms with van der Waals surface area (Å²) < 4.78 is 10.7. The van der Waals surface area contributed by atoms with Gasteiger partial charge in [0, 0.05) is 11.4 Å². The minimum atomic E-state index is -0.468. The van der Waals surface area contributed by atoms with Crippen molar-refractivity contribution in [2.45, 2.75) is 56.5 Å². The van der Waals surface area contributed by atoms with E-state index in [0.717, 1.165) is 12.8 Å². The zero-order valence-corrected chi connectivity index (χ0v) is 12.6. The lowest BCUT2D eigenvalue weighted by molar-refractivity contribution is 0.0434. The second kappa shape index (κ2) is 5.57. The van der Waals surface area contributed by atoms with Crippen molar-refractivity contribution < 1.29 is 14.3 Å². The van der Waals surface area contributed by atoms with Gasteiger partial charge < -0.3 is 14.8 Å². The van der Waals surface area contributed by atoms with Crippen LogP contribution in [0.15, 0.2) is 0 Å². The van der Waals surface area contributed by atoms with Crippen LogP contribution in [0, 0.1) is 0 Å². The molecule has 0 bridgehead atoms. The fraction of sp³-hybridized carbons (Fsp3) is 0.917. The molecule has 0 aromatic heterocycles. The van der Waals surface area contributed by atoms with Gasteiger partial charge in [0.15, 0.2) is 0 Å². The molecule has 1 fully saturated rings. The molecule has 0 saturated carbocycles. The topological polar surface area (TPSA) is 47.6 Å². The molecule has 2 unspecified atom stereocenters. The lowest BCUT2D eigenvalue weighted by Crippen LogP contribution is -2.51. The van der Waals surface area contributed by atoms with E-state index < -0.39 is 5.60 Å². The average molecular weight is 308 g/mol. The number of amides is 1. The van der Waals surface area contributed by atoms with Gasteiger partial charge in [-0.1, -0.05) is 22.9 Å². The molecular weight excluding hydrogens is 286 g/mol. The summed E-state index contributed by atoms with van der Waals surface area (Å²) in [6.07, 6.45) is 1.31. The van der Waals surface area contributed by atoms with Crippen molar-refractivity contribution in [1.29, 1.82) is 0 Å². The summed E-state index contributed by atoms with van der Waals surface area (Å²) in [6.45, 7) is 8.89. The first-order valence-electron chi connectivity index (χ1n) is 5.95. The highest BCUT2D eigenvalue weighted by molar-refractivity contribution is 9.09. The number of carbonyl (C=O) groups excluding carboxylic acids is 1. The van der Waals surface area contributed by atoms with Gasteiger partial charge in [0.2, 0.25) is 0 Å². The molecule has 17 heavy (non-hydrogen) atoms. The van der Waals surface area contributed by atoms with Crippen molar-refractivity contribution in [2.75, 3.05) is 13.2 Å². The Labute approximate surface area is 112 Å². The molecule has 4 nitrogen and oxygen atoms in total. The summed E-state index contributed by atoms with van der Waals surface area (Å²) in [5.74, 6) is 0. The van der Waals surface area contributed by atoms with E-state index in [4.69, 9.17) is 9.47 Å². The molecule has 0 radical (unpaired) electrons. The van der Waals surface area contributed by atoms with Crippen LogP contribution in [0.5, 0.6) is 0 Å². The molecule has 2 atom stereocenters. The maximum Gasteiger partial charge on any atom is 0.408 e. The van der Waals surface area contributed by atoms with Gasteiger partial charge in [-0.2, -0.15) is 0 Å². The lowest BCUT2D eigenvalue weighted by atomic mass is 9.93. The van der Waals surface area contributed by atoms with Gasteiger partial charge in [0.05, 0.1) is 12.1 Å². The minimum absolute atomic E-state index is 0.286. The average Bonchev–Trinajstić information content (AvgIpc) is 2.47. The number of hydrogen-bond donors (Lipinski definition) is 1. The van der Waals surface area contributed by atoms with Crippen molar-refractivity contribution in [2.24, 2.45) is 0 Å². The Kier molecular flexibility index (Phi) is 4.84. The van der Waals surface area contributed by atoms with E-state index in [9.17, 15) is 4.79 Å². The third-order valence-corrected chi connectivity index (χ3v) is 2.87. The maximum absolute atomic E-state index is 11.8. The summed E-state index contributed by atoms with van der Waals surface area (Å²) >= 11 is 3.52. The van der Waals surface area contributed by atoms with Crippen LogP contribution in [-0.4, -0.2) is 35.3 Å². The molecule has 1 aliphatic rings. The molecule has 1 heterocycles. The Morgan fingerprint density at radius 3 is 2.65 bits per heavy atom. The van der Waals surface area contributed by atoms with Gasteiger partial charge in [-0.15, -0.1) is 0 Å². The number of alkyl carbamates (subject to hydrolysis) is 1.